The summed E-state index contributed by atoms with van der Waals surface area (Å²) in [7, 11) is 1.97. The van der Waals surface area contributed by atoms with Crippen molar-refractivity contribution in [3.63, 3.8) is 0 Å². The number of carbonyl (C=O) groups is 1. The molecular weight excluding hydrogens is 252 g/mol. The van der Waals surface area contributed by atoms with Gasteiger partial charge in [0.1, 0.15) is 6.07 Å². The first kappa shape index (κ1) is 15.8. The molecule has 1 N–H and O–H groups in total. The third kappa shape index (κ3) is 3.86. The molecule has 0 fully saturated rings. The highest BCUT2D eigenvalue weighted by atomic mass is 16.4. The van der Waals surface area contributed by atoms with Crippen LogP contribution in [0.15, 0.2) is 24.3 Å². The van der Waals surface area contributed by atoms with E-state index in [2.05, 4.69) is 31.7 Å². The lowest BCUT2D eigenvalue weighted by molar-refractivity contribution is -0.131. The zero-order valence-corrected chi connectivity index (χ0v) is 12.3. The van der Waals surface area contributed by atoms with Gasteiger partial charge in [-0.05, 0) is 36.6 Å². The molecule has 0 saturated carbocycles. The van der Waals surface area contributed by atoms with E-state index in [-0.39, 0.29) is 0 Å². The SMILES string of the molecule is CC(C)C(C)N(C)c1ccc(/C=C/C(=O)O)cc1C#N. The van der Waals surface area contributed by atoms with Gasteiger partial charge in [-0.3, -0.25) is 0 Å². The predicted octanol–water partition coefficient (Wildman–Crippen LogP) is 3.14. The van der Waals surface area contributed by atoms with Gasteiger partial charge in [0.05, 0.1) is 11.3 Å². The molecule has 1 atom stereocenters. The summed E-state index contributed by atoms with van der Waals surface area (Å²) in [6, 6.07) is 7.87. The molecule has 0 aromatic heterocycles. The van der Waals surface area contributed by atoms with Crippen molar-refractivity contribution in [3.8, 4) is 6.07 Å². The summed E-state index contributed by atoms with van der Waals surface area (Å²) in [6.45, 7) is 6.39. The zero-order chi connectivity index (χ0) is 15.3. The molecule has 4 nitrogen and oxygen atoms in total. The third-order valence-corrected chi connectivity index (χ3v) is 3.52. The second-order valence-electron chi connectivity index (χ2n) is 5.16. The Morgan fingerprint density at radius 3 is 2.55 bits per heavy atom. The Kier molecular flexibility index (Phi) is 5.33. The van der Waals surface area contributed by atoms with Gasteiger partial charge >= 0.3 is 5.97 Å². The third-order valence-electron chi connectivity index (χ3n) is 3.52. The van der Waals surface area contributed by atoms with Crippen molar-refractivity contribution in [1.29, 1.82) is 5.26 Å². The molecule has 0 aliphatic rings. The van der Waals surface area contributed by atoms with Gasteiger partial charge in [-0.1, -0.05) is 19.9 Å². The number of anilines is 1. The number of rotatable bonds is 5. The molecule has 1 aromatic carbocycles. The van der Waals surface area contributed by atoms with Crippen LogP contribution in [-0.2, 0) is 4.79 Å². The Hall–Kier alpha value is -2.28. The summed E-state index contributed by atoms with van der Waals surface area (Å²) in [4.78, 5) is 12.6. The Bertz CT molecular complexity index is 556. The van der Waals surface area contributed by atoms with Crippen molar-refractivity contribution >= 4 is 17.7 Å². The topological polar surface area (TPSA) is 64.3 Å². The quantitative estimate of drug-likeness (QED) is 0.836. The Morgan fingerprint density at radius 1 is 1.40 bits per heavy atom. The molecule has 0 heterocycles. The second-order valence-corrected chi connectivity index (χ2v) is 5.16. The predicted molar refractivity (Wildman–Crippen MR) is 80.5 cm³/mol. The largest absolute Gasteiger partial charge is 0.478 e. The van der Waals surface area contributed by atoms with Crippen molar-refractivity contribution in [1.82, 2.24) is 0 Å². The fourth-order valence-electron chi connectivity index (χ4n) is 1.89. The van der Waals surface area contributed by atoms with E-state index >= 15 is 0 Å². The van der Waals surface area contributed by atoms with Crippen molar-refractivity contribution < 1.29 is 9.90 Å². The molecule has 4 heteroatoms. The van der Waals surface area contributed by atoms with E-state index in [9.17, 15) is 10.1 Å². The van der Waals surface area contributed by atoms with Gasteiger partial charge in [0.25, 0.3) is 0 Å². The average molecular weight is 272 g/mol. The van der Waals surface area contributed by atoms with Gasteiger partial charge in [-0.2, -0.15) is 5.26 Å². The highest BCUT2D eigenvalue weighted by Gasteiger charge is 2.16. The molecule has 0 bridgehead atoms. The first-order valence-corrected chi connectivity index (χ1v) is 6.54. The van der Waals surface area contributed by atoms with Gasteiger partial charge in [0, 0.05) is 19.2 Å². The molecule has 0 radical (unpaired) electrons. The molecule has 1 rings (SSSR count). The van der Waals surface area contributed by atoms with E-state index in [4.69, 9.17) is 5.11 Å². The van der Waals surface area contributed by atoms with E-state index < -0.39 is 5.97 Å². The number of nitriles is 1. The van der Waals surface area contributed by atoms with Crippen LogP contribution >= 0.6 is 0 Å². The fraction of sp³-hybridized carbons (Fsp3) is 0.375. The minimum atomic E-state index is -1.00. The van der Waals surface area contributed by atoms with Gasteiger partial charge < -0.3 is 10.0 Å². The summed E-state index contributed by atoms with van der Waals surface area (Å²) < 4.78 is 0. The Labute approximate surface area is 119 Å². The van der Waals surface area contributed by atoms with E-state index in [0.29, 0.717) is 23.1 Å². The molecule has 0 amide bonds. The lowest BCUT2D eigenvalue weighted by atomic mass is 10.0. The maximum atomic E-state index is 10.5. The zero-order valence-electron chi connectivity index (χ0n) is 12.3. The number of nitrogens with zero attached hydrogens (tertiary/aromatic N) is 2. The number of carboxylic acids is 1. The van der Waals surface area contributed by atoms with E-state index in [1.807, 2.05) is 19.2 Å². The number of aliphatic carboxylic acids is 1. The minimum Gasteiger partial charge on any atom is -0.478 e. The summed E-state index contributed by atoms with van der Waals surface area (Å²) >= 11 is 0. The molecule has 0 spiro atoms. The number of hydrogen-bond acceptors (Lipinski definition) is 3. The van der Waals surface area contributed by atoms with Crippen molar-refractivity contribution in [2.24, 2.45) is 5.92 Å². The first-order chi connectivity index (χ1) is 9.36. The van der Waals surface area contributed by atoms with Crippen molar-refractivity contribution in [2.45, 2.75) is 26.8 Å². The lowest BCUT2D eigenvalue weighted by Crippen LogP contribution is -2.33. The molecule has 0 aliphatic carbocycles. The van der Waals surface area contributed by atoms with Crippen molar-refractivity contribution in [2.75, 3.05) is 11.9 Å². The van der Waals surface area contributed by atoms with Gasteiger partial charge in [0.2, 0.25) is 0 Å². The van der Waals surface area contributed by atoms with E-state index in [1.165, 1.54) is 6.08 Å². The van der Waals surface area contributed by atoms with Gasteiger partial charge in [-0.15, -0.1) is 0 Å². The van der Waals surface area contributed by atoms with Crippen LogP contribution in [0.25, 0.3) is 6.08 Å². The molecule has 1 unspecified atom stereocenters. The molecule has 1 aromatic rings. The fourth-order valence-corrected chi connectivity index (χ4v) is 1.89. The number of hydrogen-bond donors (Lipinski definition) is 1. The smallest absolute Gasteiger partial charge is 0.328 e. The first-order valence-electron chi connectivity index (χ1n) is 6.54. The van der Waals surface area contributed by atoms with Gasteiger partial charge in [0.15, 0.2) is 0 Å². The van der Waals surface area contributed by atoms with Crippen LogP contribution in [0, 0.1) is 17.2 Å². The Balaban J connectivity index is 3.12. The number of carboxylic acid groups (broad SMARTS) is 1. The van der Waals surface area contributed by atoms with Gasteiger partial charge in [-0.25, -0.2) is 4.79 Å². The highest BCUT2D eigenvalue weighted by molar-refractivity contribution is 5.85. The maximum absolute atomic E-state index is 10.5. The summed E-state index contributed by atoms with van der Waals surface area (Å²) in [5, 5.41) is 17.9. The van der Waals surface area contributed by atoms with Crippen LogP contribution in [0.1, 0.15) is 31.9 Å². The van der Waals surface area contributed by atoms with Crippen LogP contribution in [0.3, 0.4) is 0 Å². The van der Waals surface area contributed by atoms with Crippen LogP contribution in [0.5, 0.6) is 0 Å². The minimum absolute atomic E-state index is 0.308. The summed E-state index contributed by atoms with van der Waals surface area (Å²) in [5.74, 6) is -0.531. The van der Waals surface area contributed by atoms with E-state index in [1.54, 1.807) is 6.07 Å². The van der Waals surface area contributed by atoms with Crippen LogP contribution in [-0.4, -0.2) is 24.2 Å². The van der Waals surface area contributed by atoms with Crippen LogP contribution in [0.4, 0.5) is 5.69 Å². The highest BCUT2D eigenvalue weighted by Crippen LogP contribution is 2.24. The molecule has 20 heavy (non-hydrogen) atoms. The molecule has 106 valence electrons. The standard InChI is InChI=1S/C16H20N2O2/c1-11(2)12(3)18(4)15-7-5-13(6-8-16(19)20)9-14(15)10-17/h5-9,11-12H,1-4H3,(H,19,20)/b8-6+. The second kappa shape index (κ2) is 6.76. The Morgan fingerprint density at radius 2 is 2.05 bits per heavy atom. The maximum Gasteiger partial charge on any atom is 0.328 e. The molecular formula is C16H20N2O2. The lowest BCUT2D eigenvalue weighted by Gasteiger charge is -2.30. The van der Waals surface area contributed by atoms with Crippen LogP contribution in [0.2, 0.25) is 0 Å². The molecule has 0 aliphatic heterocycles. The van der Waals surface area contributed by atoms with Crippen LogP contribution < -0.4 is 4.90 Å². The molecule has 0 saturated heterocycles. The summed E-state index contributed by atoms with van der Waals surface area (Å²) in [5.41, 5.74) is 2.12. The monoisotopic (exact) mass is 272 g/mol. The van der Waals surface area contributed by atoms with E-state index in [0.717, 1.165) is 11.8 Å². The summed E-state index contributed by atoms with van der Waals surface area (Å²) in [6.07, 6.45) is 2.55. The number of benzene rings is 1. The average Bonchev–Trinajstić information content (AvgIpc) is 2.42. The normalized spacial score (nSPS) is 12.4. The van der Waals surface area contributed by atoms with Crippen molar-refractivity contribution in [3.05, 3.63) is 35.4 Å².